The first-order valence-corrected chi connectivity index (χ1v) is 5.55. The monoisotopic (exact) mass is 244 g/mol. The first-order valence-electron chi connectivity index (χ1n) is 5.55. The third-order valence-corrected chi connectivity index (χ3v) is 2.69. The Morgan fingerprint density at radius 3 is 2.33 bits per heavy atom. The van der Waals surface area contributed by atoms with Crippen LogP contribution in [0.3, 0.4) is 0 Å². The van der Waals surface area contributed by atoms with Crippen LogP contribution in [0.1, 0.15) is 24.5 Å². The number of allylic oxidation sites excluding steroid dienone is 1. The zero-order chi connectivity index (χ0) is 13.3. The standard InChI is InChI=1S/C14H12O4/c1-8-3-5-10(6-4-8)14-13(9(2)15)11(16)7-12(17)18-14/h3-6H,7H2,1-2H3. The van der Waals surface area contributed by atoms with Crippen molar-refractivity contribution in [2.75, 3.05) is 0 Å². The summed E-state index contributed by atoms with van der Waals surface area (Å²) in [6.45, 7) is 3.21. The summed E-state index contributed by atoms with van der Waals surface area (Å²) in [7, 11) is 0. The van der Waals surface area contributed by atoms with Gasteiger partial charge in [0.15, 0.2) is 17.3 Å². The van der Waals surface area contributed by atoms with Gasteiger partial charge in [0, 0.05) is 5.56 Å². The zero-order valence-electron chi connectivity index (χ0n) is 10.1. The van der Waals surface area contributed by atoms with E-state index in [0.29, 0.717) is 5.56 Å². The number of carbonyl (C=O) groups is 3. The molecule has 1 aromatic rings. The molecule has 0 atom stereocenters. The van der Waals surface area contributed by atoms with Gasteiger partial charge in [-0.25, -0.2) is 0 Å². The molecule has 2 rings (SSSR count). The lowest BCUT2D eigenvalue weighted by atomic mass is 9.97. The van der Waals surface area contributed by atoms with Crippen LogP contribution in [-0.2, 0) is 19.1 Å². The Morgan fingerprint density at radius 2 is 1.78 bits per heavy atom. The van der Waals surface area contributed by atoms with Gasteiger partial charge in [-0.15, -0.1) is 0 Å². The summed E-state index contributed by atoms with van der Waals surface area (Å²) in [4.78, 5) is 34.5. The number of ketones is 2. The van der Waals surface area contributed by atoms with Gasteiger partial charge in [0.2, 0.25) is 0 Å². The molecule has 0 saturated carbocycles. The fraction of sp³-hybridized carbons (Fsp3) is 0.214. The van der Waals surface area contributed by atoms with Gasteiger partial charge in [-0.2, -0.15) is 0 Å². The van der Waals surface area contributed by atoms with E-state index in [1.807, 2.05) is 19.1 Å². The largest absolute Gasteiger partial charge is 0.425 e. The van der Waals surface area contributed by atoms with Gasteiger partial charge >= 0.3 is 5.97 Å². The fourth-order valence-corrected chi connectivity index (χ4v) is 1.81. The summed E-state index contributed by atoms with van der Waals surface area (Å²) >= 11 is 0. The van der Waals surface area contributed by atoms with Gasteiger partial charge in [0.05, 0.1) is 0 Å². The molecule has 4 heteroatoms. The van der Waals surface area contributed by atoms with Gasteiger partial charge in [0.1, 0.15) is 12.0 Å². The second kappa shape index (κ2) is 4.56. The molecule has 0 aliphatic carbocycles. The molecule has 4 nitrogen and oxygen atoms in total. The number of hydrogen-bond donors (Lipinski definition) is 0. The highest BCUT2D eigenvalue weighted by Crippen LogP contribution is 2.27. The van der Waals surface area contributed by atoms with Crippen LogP contribution in [0.4, 0.5) is 0 Å². The summed E-state index contributed by atoms with van der Waals surface area (Å²) in [5.41, 5.74) is 1.57. The molecule has 0 unspecified atom stereocenters. The van der Waals surface area contributed by atoms with Crippen LogP contribution >= 0.6 is 0 Å². The molecular weight excluding hydrogens is 232 g/mol. The molecule has 1 aliphatic heterocycles. The molecule has 0 saturated heterocycles. The van der Waals surface area contributed by atoms with Crippen molar-refractivity contribution in [1.82, 2.24) is 0 Å². The minimum absolute atomic E-state index is 0.0292. The number of ether oxygens (including phenoxy) is 1. The highest BCUT2D eigenvalue weighted by Gasteiger charge is 2.31. The van der Waals surface area contributed by atoms with Crippen LogP contribution in [0.2, 0.25) is 0 Å². The van der Waals surface area contributed by atoms with Crippen molar-refractivity contribution in [3.63, 3.8) is 0 Å². The van der Waals surface area contributed by atoms with Crippen LogP contribution in [0.5, 0.6) is 0 Å². The molecule has 0 spiro atoms. The smallest absolute Gasteiger partial charge is 0.319 e. The Bertz CT molecular complexity index is 564. The number of esters is 1. The third-order valence-electron chi connectivity index (χ3n) is 2.69. The number of hydrogen-bond acceptors (Lipinski definition) is 4. The minimum atomic E-state index is -0.624. The number of rotatable bonds is 2. The number of aryl methyl sites for hydroxylation is 1. The SMILES string of the molecule is CC(=O)C1=C(c2ccc(C)cc2)OC(=O)CC1=O. The zero-order valence-corrected chi connectivity index (χ0v) is 10.1. The molecule has 92 valence electrons. The minimum Gasteiger partial charge on any atom is -0.425 e. The molecule has 0 radical (unpaired) electrons. The van der Waals surface area contributed by atoms with Crippen LogP contribution in [-0.4, -0.2) is 17.5 Å². The lowest BCUT2D eigenvalue weighted by Crippen LogP contribution is -2.24. The number of benzene rings is 1. The molecule has 0 aromatic heterocycles. The van der Waals surface area contributed by atoms with Crippen molar-refractivity contribution in [2.45, 2.75) is 20.3 Å². The maximum Gasteiger partial charge on any atom is 0.319 e. The predicted molar refractivity (Wildman–Crippen MR) is 64.5 cm³/mol. The lowest BCUT2D eigenvalue weighted by Gasteiger charge is -2.17. The average Bonchev–Trinajstić information content (AvgIpc) is 2.28. The predicted octanol–water partition coefficient (Wildman–Crippen LogP) is 1.81. The summed E-state index contributed by atoms with van der Waals surface area (Å²) < 4.78 is 5.06. The molecule has 0 N–H and O–H groups in total. The number of Topliss-reactive ketones (excluding diaryl/α,β-unsaturated/α-hetero) is 2. The van der Waals surface area contributed by atoms with Crippen LogP contribution < -0.4 is 0 Å². The van der Waals surface area contributed by atoms with E-state index in [9.17, 15) is 14.4 Å². The second-order valence-corrected chi connectivity index (χ2v) is 4.20. The Kier molecular flexibility index (Phi) is 3.10. The average molecular weight is 244 g/mol. The molecule has 1 heterocycles. The maximum atomic E-state index is 11.7. The van der Waals surface area contributed by atoms with Gasteiger partial charge in [-0.1, -0.05) is 29.8 Å². The molecule has 18 heavy (non-hydrogen) atoms. The molecule has 0 bridgehead atoms. The third kappa shape index (κ3) is 2.22. The topological polar surface area (TPSA) is 60.4 Å². The van der Waals surface area contributed by atoms with Crippen molar-refractivity contribution in [3.05, 3.63) is 41.0 Å². The van der Waals surface area contributed by atoms with Crippen molar-refractivity contribution >= 4 is 23.3 Å². The van der Waals surface area contributed by atoms with Crippen molar-refractivity contribution in [2.24, 2.45) is 0 Å². The van der Waals surface area contributed by atoms with E-state index < -0.39 is 11.8 Å². The number of cyclic esters (lactones) is 1. The van der Waals surface area contributed by atoms with E-state index in [-0.39, 0.29) is 23.5 Å². The van der Waals surface area contributed by atoms with Gasteiger partial charge in [0.25, 0.3) is 0 Å². The molecule has 1 aliphatic rings. The molecule has 0 amide bonds. The fourth-order valence-electron chi connectivity index (χ4n) is 1.81. The first-order chi connectivity index (χ1) is 8.49. The summed E-state index contributed by atoms with van der Waals surface area (Å²) in [6, 6.07) is 7.10. The van der Waals surface area contributed by atoms with Crippen molar-refractivity contribution < 1.29 is 19.1 Å². The van der Waals surface area contributed by atoms with Crippen molar-refractivity contribution in [3.8, 4) is 0 Å². The molecule has 1 aromatic carbocycles. The second-order valence-electron chi connectivity index (χ2n) is 4.20. The van der Waals surface area contributed by atoms with E-state index in [1.54, 1.807) is 12.1 Å². The van der Waals surface area contributed by atoms with Gasteiger partial charge in [-0.05, 0) is 13.8 Å². The molecule has 0 fully saturated rings. The van der Waals surface area contributed by atoms with Crippen LogP contribution in [0.15, 0.2) is 29.8 Å². The van der Waals surface area contributed by atoms with E-state index in [1.165, 1.54) is 6.92 Å². The van der Waals surface area contributed by atoms with Crippen LogP contribution in [0.25, 0.3) is 5.76 Å². The number of carbonyl (C=O) groups excluding carboxylic acids is 3. The highest BCUT2D eigenvalue weighted by molar-refractivity contribution is 6.28. The quantitative estimate of drug-likeness (QED) is 0.452. The molecular formula is C14H12O4. The van der Waals surface area contributed by atoms with Gasteiger partial charge in [-0.3, -0.25) is 14.4 Å². The van der Waals surface area contributed by atoms with E-state index in [4.69, 9.17) is 4.74 Å². The normalized spacial score (nSPS) is 15.7. The summed E-state index contributed by atoms with van der Waals surface area (Å²) in [5, 5.41) is 0. The Morgan fingerprint density at radius 1 is 1.17 bits per heavy atom. The van der Waals surface area contributed by atoms with E-state index >= 15 is 0 Å². The first kappa shape index (κ1) is 12.2. The van der Waals surface area contributed by atoms with E-state index in [0.717, 1.165) is 5.56 Å². The Hall–Kier alpha value is -2.23. The summed E-state index contributed by atoms with van der Waals surface area (Å²) in [6.07, 6.45) is -0.371. The van der Waals surface area contributed by atoms with Crippen LogP contribution in [0, 0.1) is 6.92 Å². The Balaban J connectivity index is 2.58. The van der Waals surface area contributed by atoms with Gasteiger partial charge < -0.3 is 4.74 Å². The van der Waals surface area contributed by atoms with Crippen molar-refractivity contribution in [1.29, 1.82) is 0 Å². The highest BCUT2D eigenvalue weighted by atomic mass is 16.5. The summed E-state index contributed by atoms with van der Waals surface area (Å²) in [5.74, 6) is -1.42. The lowest BCUT2D eigenvalue weighted by molar-refractivity contribution is -0.140. The Labute approximate surface area is 104 Å². The van der Waals surface area contributed by atoms with E-state index in [2.05, 4.69) is 0 Å². The maximum absolute atomic E-state index is 11.7.